The van der Waals surface area contributed by atoms with Crippen LogP contribution in [0.2, 0.25) is 0 Å². The number of nitrogens with one attached hydrogen (secondary N) is 1. The monoisotopic (exact) mass is 223 g/mol. The number of hydrogen-bond donors (Lipinski definition) is 1. The normalized spacial score (nSPS) is 20.9. The highest BCUT2D eigenvalue weighted by molar-refractivity contribution is 7.16. The van der Waals surface area contributed by atoms with Gasteiger partial charge in [0.05, 0.1) is 0 Å². The lowest BCUT2D eigenvalue weighted by molar-refractivity contribution is 0.331. The van der Waals surface area contributed by atoms with Crippen LogP contribution >= 0.6 is 11.3 Å². The number of piperidine rings is 1. The van der Waals surface area contributed by atoms with Crippen LogP contribution in [0.4, 0.5) is 0 Å². The standard InChI is InChI=1S/C9H13N5S/c1-9(2-4-10-5-3-9)7-13-14-6-11-12-8(14)15-7/h6,10H,2-5H2,1H3. The van der Waals surface area contributed by atoms with E-state index in [4.69, 9.17) is 0 Å². The van der Waals surface area contributed by atoms with Crippen LogP contribution in [0.5, 0.6) is 0 Å². The zero-order valence-electron chi connectivity index (χ0n) is 8.60. The van der Waals surface area contributed by atoms with E-state index in [0.717, 1.165) is 30.9 Å². The molecule has 3 heterocycles. The van der Waals surface area contributed by atoms with Gasteiger partial charge in [-0.2, -0.15) is 9.61 Å². The average molecular weight is 223 g/mol. The SMILES string of the molecule is CC1(c2nn3cnnc3s2)CCNCC1. The van der Waals surface area contributed by atoms with E-state index in [1.807, 2.05) is 0 Å². The highest BCUT2D eigenvalue weighted by atomic mass is 32.1. The molecule has 0 aromatic carbocycles. The molecule has 3 rings (SSSR count). The fraction of sp³-hybridized carbons (Fsp3) is 0.667. The summed E-state index contributed by atoms with van der Waals surface area (Å²) in [5.41, 5.74) is 0.219. The van der Waals surface area contributed by atoms with Crippen molar-refractivity contribution >= 4 is 16.3 Å². The van der Waals surface area contributed by atoms with E-state index in [1.165, 1.54) is 5.01 Å². The molecule has 2 aromatic rings. The van der Waals surface area contributed by atoms with E-state index >= 15 is 0 Å². The Balaban J connectivity index is 2.01. The van der Waals surface area contributed by atoms with Crippen LogP contribution in [0.25, 0.3) is 4.96 Å². The molecule has 0 unspecified atom stereocenters. The van der Waals surface area contributed by atoms with Crippen molar-refractivity contribution in [3.63, 3.8) is 0 Å². The Morgan fingerprint density at radius 3 is 3.00 bits per heavy atom. The van der Waals surface area contributed by atoms with Crippen molar-refractivity contribution in [2.75, 3.05) is 13.1 Å². The van der Waals surface area contributed by atoms with Crippen molar-refractivity contribution in [2.24, 2.45) is 0 Å². The Hall–Kier alpha value is -1.01. The molecule has 2 aromatic heterocycles. The minimum atomic E-state index is 0.219. The molecule has 0 atom stereocenters. The van der Waals surface area contributed by atoms with Crippen molar-refractivity contribution in [1.29, 1.82) is 0 Å². The zero-order chi connectivity index (χ0) is 10.3. The van der Waals surface area contributed by atoms with Crippen LogP contribution in [0.3, 0.4) is 0 Å². The van der Waals surface area contributed by atoms with Crippen LogP contribution < -0.4 is 5.32 Å². The molecular weight excluding hydrogens is 210 g/mol. The maximum Gasteiger partial charge on any atom is 0.234 e. The minimum Gasteiger partial charge on any atom is -0.317 e. The van der Waals surface area contributed by atoms with Gasteiger partial charge in [0.25, 0.3) is 0 Å². The van der Waals surface area contributed by atoms with E-state index in [-0.39, 0.29) is 5.41 Å². The van der Waals surface area contributed by atoms with Crippen LogP contribution in [0, 0.1) is 0 Å². The Kier molecular flexibility index (Phi) is 2.00. The Morgan fingerprint density at radius 1 is 1.47 bits per heavy atom. The molecule has 0 radical (unpaired) electrons. The average Bonchev–Trinajstić information content (AvgIpc) is 2.77. The van der Waals surface area contributed by atoms with Gasteiger partial charge >= 0.3 is 0 Å². The third-order valence-electron chi connectivity index (χ3n) is 3.11. The fourth-order valence-electron chi connectivity index (χ4n) is 2.00. The summed E-state index contributed by atoms with van der Waals surface area (Å²) in [5.74, 6) is 0. The topological polar surface area (TPSA) is 55.1 Å². The molecule has 0 spiro atoms. The van der Waals surface area contributed by atoms with Gasteiger partial charge < -0.3 is 5.32 Å². The lowest BCUT2D eigenvalue weighted by atomic mass is 9.82. The summed E-state index contributed by atoms with van der Waals surface area (Å²) in [7, 11) is 0. The first-order chi connectivity index (χ1) is 7.28. The summed E-state index contributed by atoms with van der Waals surface area (Å²) in [5, 5.41) is 17.0. The predicted octanol–water partition coefficient (Wildman–Crippen LogP) is 0.827. The molecule has 0 aliphatic carbocycles. The van der Waals surface area contributed by atoms with Gasteiger partial charge in [-0.1, -0.05) is 18.3 Å². The predicted molar refractivity (Wildman–Crippen MR) is 58.1 cm³/mol. The molecule has 15 heavy (non-hydrogen) atoms. The number of fused-ring (bicyclic) bond motifs is 1. The lowest BCUT2D eigenvalue weighted by Crippen LogP contribution is -2.37. The molecule has 0 saturated carbocycles. The molecule has 5 nitrogen and oxygen atoms in total. The third kappa shape index (κ3) is 1.44. The number of hydrogen-bond acceptors (Lipinski definition) is 5. The molecule has 1 fully saturated rings. The molecule has 6 heteroatoms. The van der Waals surface area contributed by atoms with E-state index in [2.05, 4.69) is 27.5 Å². The smallest absolute Gasteiger partial charge is 0.234 e. The summed E-state index contributed by atoms with van der Waals surface area (Å²) in [4.78, 5) is 0.893. The van der Waals surface area contributed by atoms with Crippen LogP contribution in [0.15, 0.2) is 6.33 Å². The molecule has 1 saturated heterocycles. The van der Waals surface area contributed by atoms with Crippen molar-refractivity contribution < 1.29 is 0 Å². The largest absolute Gasteiger partial charge is 0.317 e. The van der Waals surface area contributed by atoms with Gasteiger partial charge in [-0.3, -0.25) is 0 Å². The summed E-state index contributed by atoms with van der Waals surface area (Å²) in [6.45, 7) is 4.45. The van der Waals surface area contributed by atoms with E-state index in [9.17, 15) is 0 Å². The highest BCUT2D eigenvalue weighted by Crippen LogP contribution is 2.34. The van der Waals surface area contributed by atoms with Crippen LogP contribution in [-0.4, -0.2) is 32.9 Å². The van der Waals surface area contributed by atoms with Gasteiger partial charge in [-0.05, 0) is 25.9 Å². The summed E-state index contributed by atoms with van der Waals surface area (Å²) >= 11 is 1.66. The van der Waals surface area contributed by atoms with E-state index in [1.54, 1.807) is 22.2 Å². The molecule has 1 aliphatic heterocycles. The fourth-order valence-corrected chi connectivity index (χ4v) is 3.02. The maximum atomic E-state index is 4.55. The van der Waals surface area contributed by atoms with Gasteiger partial charge in [0.2, 0.25) is 4.96 Å². The number of rotatable bonds is 1. The van der Waals surface area contributed by atoms with Gasteiger partial charge in [0.1, 0.15) is 11.3 Å². The van der Waals surface area contributed by atoms with Gasteiger partial charge in [0.15, 0.2) is 0 Å². The first kappa shape index (κ1) is 9.23. The number of aromatic nitrogens is 4. The molecule has 1 aliphatic rings. The van der Waals surface area contributed by atoms with Gasteiger partial charge in [-0.15, -0.1) is 10.2 Å². The molecule has 0 bridgehead atoms. The Labute approximate surface area is 91.5 Å². The van der Waals surface area contributed by atoms with E-state index in [0.29, 0.717) is 0 Å². The molecule has 1 N–H and O–H groups in total. The first-order valence-corrected chi connectivity index (χ1v) is 5.98. The summed E-state index contributed by atoms with van der Waals surface area (Å²) in [6.07, 6.45) is 3.97. The van der Waals surface area contributed by atoms with Crippen LogP contribution in [-0.2, 0) is 5.41 Å². The highest BCUT2D eigenvalue weighted by Gasteiger charge is 2.32. The summed E-state index contributed by atoms with van der Waals surface area (Å²) in [6, 6.07) is 0. The Morgan fingerprint density at radius 2 is 2.27 bits per heavy atom. The number of nitrogens with zero attached hydrogens (tertiary/aromatic N) is 4. The maximum absolute atomic E-state index is 4.55. The zero-order valence-corrected chi connectivity index (χ0v) is 9.42. The third-order valence-corrected chi connectivity index (χ3v) is 4.33. The van der Waals surface area contributed by atoms with Crippen molar-refractivity contribution in [2.45, 2.75) is 25.2 Å². The lowest BCUT2D eigenvalue weighted by Gasteiger charge is -2.31. The Bertz CT molecular complexity index is 439. The van der Waals surface area contributed by atoms with Crippen LogP contribution in [0.1, 0.15) is 24.8 Å². The van der Waals surface area contributed by atoms with Gasteiger partial charge in [0, 0.05) is 5.41 Å². The second-order valence-electron chi connectivity index (χ2n) is 4.28. The minimum absolute atomic E-state index is 0.219. The van der Waals surface area contributed by atoms with E-state index < -0.39 is 0 Å². The van der Waals surface area contributed by atoms with Gasteiger partial charge in [-0.25, -0.2) is 0 Å². The second-order valence-corrected chi connectivity index (χ2v) is 5.23. The van der Waals surface area contributed by atoms with Crippen molar-refractivity contribution in [1.82, 2.24) is 25.1 Å². The van der Waals surface area contributed by atoms with Crippen molar-refractivity contribution in [3.05, 3.63) is 11.3 Å². The first-order valence-electron chi connectivity index (χ1n) is 5.16. The molecule has 0 amide bonds. The van der Waals surface area contributed by atoms with Crippen molar-refractivity contribution in [3.8, 4) is 0 Å². The molecule has 80 valence electrons. The summed E-state index contributed by atoms with van der Waals surface area (Å²) < 4.78 is 1.77. The second kappa shape index (κ2) is 3.24. The quantitative estimate of drug-likeness (QED) is 0.778. The molecular formula is C9H13N5S.